The Morgan fingerprint density at radius 2 is 1.56 bits per heavy atom. The summed E-state index contributed by atoms with van der Waals surface area (Å²) in [6.45, 7) is 2.49. The highest BCUT2D eigenvalue weighted by Gasteiger charge is 2.19. The van der Waals surface area contributed by atoms with Crippen LogP contribution in [0.2, 0.25) is 0 Å². The van der Waals surface area contributed by atoms with Crippen LogP contribution in [-0.2, 0) is 0 Å². The van der Waals surface area contributed by atoms with E-state index in [4.69, 9.17) is 10.2 Å². The Bertz CT molecular complexity index is 158. The van der Waals surface area contributed by atoms with Crippen LogP contribution in [0.25, 0.3) is 0 Å². The SMILES string of the molecule is OCCCCCN(CCO)C1CCCCC1. The van der Waals surface area contributed by atoms with Crippen LogP contribution in [0.3, 0.4) is 0 Å². The zero-order valence-electron chi connectivity index (χ0n) is 10.4. The molecule has 0 spiro atoms. The van der Waals surface area contributed by atoms with Crippen molar-refractivity contribution in [2.24, 2.45) is 0 Å². The van der Waals surface area contributed by atoms with E-state index in [1.807, 2.05) is 0 Å². The molecule has 1 fully saturated rings. The molecule has 96 valence electrons. The topological polar surface area (TPSA) is 43.7 Å². The normalized spacial score (nSPS) is 18.2. The molecule has 3 heteroatoms. The van der Waals surface area contributed by atoms with Crippen LogP contribution in [0.4, 0.5) is 0 Å². The fourth-order valence-electron chi connectivity index (χ4n) is 2.66. The monoisotopic (exact) mass is 229 g/mol. The van der Waals surface area contributed by atoms with Gasteiger partial charge in [-0.3, -0.25) is 4.90 Å². The van der Waals surface area contributed by atoms with Gasteiger partial charge in [0.25, 0.3) is 0 Å². The quantitative estimate of drug-likeness (QED) is 0.624. The Morgan fingerprint density at radius 3 is 2.19 bits per heavy atom. The second-order valence-electron chi connectivity index (χ2n) is 4.84. The van der Waals surface area contributed by atoms with Crippen LogP contribution in [0.1, 0.15) is 51.4 Å². The first-order chi connectivity index (χ1) is 7.88. The van der Waals surface area contributed by atoms with Crippen molar-refractivity contribution in [1.82, 2.24) is 4.90 Å². The first-order valence-corrected chi connectivity index (χ1v) is 6.84. The van der Waals surface area contributed by atoms with Gasteiger partial charge >= 0.3 is 0 Å². The van der Waals surface area contributed by atoms with Crippen molar-refractivity contribution in [2.45, 2.75) is 57.4 Å². The molecule has 1 aliphatic rings. The molecule has 0 heterocycles. The summed E-state index contributed by atoms with van der Waals surface area (Å²) in [6.07, 6.45) is 9.86. The van der Waals surface area contributed by atoms with Crippen molar-refractivity contribution in [2.75, 3.05) is 26.3 Å². The standard InChI is InChI=1S/C13H27NO2/c15-11-6-2-5-9-14(10-12-16)13-7-3-1-4-8-13/h13,15-16H,1-12H2. The number of aliphatic hydroxyl groups is 2. The Hall–Kier alpha value is -0.120. The van der Waals surface area contributed by atoms with Gasteiger partial charge in [0.2, 0.25) is 0 Å². The number of aliphatic hydroxyl groups excluding tert-OH is 2. The van der Waals surface area contributed by atoms with Gasteiger partial charge in [0.15, 0.2) is 0 Å². The van der Waals surface area contributed by atoms with Crippen molar-refractivity contribution < 1.29 is 10.2 Å². The summed E-state index contributed by atoms with van der Waals surface area (Å²) in [5, 5.41) is 17.8. The molecule has 1 saturated carbocycles. The molecule has 0 atom stereocenters. The predicted molar refractivity (Wildman–Crippen MR) is 66.5 cm³/mol. The Kier molecular flexibility index (Phi) is 7.81. The molecule has 0 unspecified atom stereocenters. The molecule has 0 saturated heterocycles. The van der Waals surface area contributed by atoms with Crippen molar-refractivity contribution in [3.05, 3.63) is 0 Å². The maximum Gasteiger partial charge on any atom is 0.0558 e. The summed E-state index contributed by atoms with van der Waals surface area (Å²) in [5.74, 6) is 0. The third-order valence-electron chi connectivity index (χ3n) is 3.58. The molecule has 3 nitrogen and oxygen atoms in total. The summed E-state index contributed by atoms with van der Waals surface area (Å²) in [5.41, 5.74) is 0. The lowest BCUT2D eigenvalue weighted by molar-refractivity contribution is 0.121. The van der Waals surface area contributed by atoms with Crippen molar-refractivity contribution >= 4 is 0 Å². The van der Waals surface area contributed by atoms with E-state index in [1.54, 1.807) is 0 Å². The summed E-state index contributed by atoms with van der Waals surface area (Å²) >= 11 is 0. The summed E-state index contributed by atoms with van der Waals surface area (Å²) in [6, 6.07) is 0.704. The molecule has 0 aliphatic heterocycles. The summed E-state index contributed by atoms with van der Waals surface area (Å²) in [4.78, 5) is 2.45. The molecular weight excluding hydrogens is 202 g/mol. The summed E-state index contributed by atoms with van der Waals surface area (Å²) < 4.78 is 0. The van der Waals surface area contributed by atoms with E-state index in [-0.39, 0.29) is 6.61 Å². The van der Waals surface area contributed by atoms with Crippen LogP contribution in [-0.4, -0.2) is 47.5 Å². The van der Waals surface area contributed by atoms with Gasteiger partial charge in [-0.15, -0.1) is 0 Å². The third kappa shape index (κ3) is 5.28. The van der Waals surface area contributed by atoms with Crippen LogP contribution in [0.15, 0.2) is 0 Å². The van der Waals surface area contributed by atoms with Gasteiger partial charge in [0, 0.05) is 19.2 Å². The fraction of sp³-hybridized carbons (Fsp3) is 1.00. The molecular formula is C13H27NO2. The number of nitrogens with zero attached hydrogens (tertiary/aromatic N) is 1. The van der Waals surface area contributed by atoms with Gasteiger partial charge in [-0.2, -0.15) is 0 Å². The molecule has 0 aromatic heterocycles. The Labute approximate surface area is 99.5 Å². The van der Waals surface area contributed by atoms with Gasteiger partial charge in [0.05, 0.1) is 6.61 Å². The average molecular weight is 229 g/mol. The Morgan fingerprint density at radius 1 is 0.812 bits per heavy atom. The van der Waals surface area contributed by atoms with Gasteiger partial charge in [-0.1, -0.05) is 19.3 Å². The van der Waals surface area contributed by atoms with E-state index < -0.39 is 0 Å². The molecule has 0 aromatic carbocycles. The van der Waals surface area contributed by atoms with E-state index in [1.165, 1.54) is 32.1 Å². The molecule has 0 bridgehead atoms. The average Bonchev–Trinajstić information content (AvgIpc) is 2.34. The fourth-order valence-corrected chi connectivity index (χ4v) is 2.66. The maximum absolute atomic E-state index is 9.09. The molecule has 1 rings (SSSR count). The van der Waals surface area contributed by atoms with Crippen LogP contribution in [0, 0.1) is 0 Å². The molecule has 0 aromatic rings. The number of rotatable bonds is 8. The van der Waals surface area contributed by atoms with Gasteiger partial charge in [0.1, 0.15) is 0 Å². The van der Waals surface area contributed by atoms with Crippen LogP contribution < -0.4 is 0 Å². The molecule has 0 amide bonds. The smallest absolute Gasteiger partial charge is 0.0558 e. The largest absolute Gasteiger partial charge is 0.396 e. The van der Waals surface area contributed by atoms with Gasteiger partial charge < -0.3 is 10.2 Å². The molecule has 16 heavy (non-hydrogen) atoms. The van der Waals surface area contributed by atoms with E-state index in [9.17, 15) is 0 Å². The summed E-state index contributed by atoms with van der Waals surface area (Å²) in [7, 11) is 0. The van der Waals surface area contributed by atoms with Crippen molar-refractivity contribution in [1.29, 1.82) is 0 Å². The van der Waals surface area contributed by atoms with Crippen molar-refractivity contribution in [3.63, 3.8) is 0 Å². The minimum atomic E-state index is 0.274. The van der Waals surface area contributed by atoms with Crippen LogP contribution in [0.5, 0.6) is 0 Å². The van der Waals surface area contributed by atoms with E-state index in [0.29, 0.717) is 12.6 Å². The van der Waals surface area contributed by atoms with Gasteiger partial charge in [-0.25, -0.2) is 0 Å². The maximum atomic E-state index is 9.09. The first kappa shape index (κ1) is 13.9. The van der Waals surface area contributed by atoms with Crippen molar-refractivity contribution in [3.8, 4) is 0 Å². The second kappa shape index (κ2) is 8.97. The predicted octanol–water partition coefficient (Wildman–Crippen LogP) is 1.78. The number of hydrogen-bond acceptors (Lipinski definition) is 3. The lowest BCUT2D eigenvalue weighted by Crippen LogP contribution is -2.39. The zero-order valence-corrected chi connectivity index (χ0v) is 10.4. The van der Waals surface area contributed by atoms with Crippen LogP contribution >= 0.6 is 0 Å². The third-order valence-corrected chi connectivity index (χ3v) is 3.58. The number of unbranched alkanes of at least 4 members (excludes halogenated alkanes) is 2. The first-order valence-electron chi connectivity index (χ1n) is 6.84. The minimum Gasteiger partial charge on any atom is -0.396 e. The lowest BCUT2D eigenvalue weighted by atomic mass is 9.94. The Balaban J connectivity index is 2.22. The highest BCUT2D eigenvalue weighted by Crippen LogP contribution is 2.22. The zero-order chi connectivity index (χ0) is 11.6. The van der Waals surface area contributed by atoms with E-state index in [2.05, 4.69) is 4.90 Å². The lowest BCUT2D eigenvalue weighted by Gasteiger charge is -2.34. The number of hydrogen-bond donors (Lipinski definition) is 2. The second-order valence-corrected chi connectivity index (χ2v) is 4.84. The highest BCUT2D eigenvalue weighted by atomic mass is 16.3. The molecule has 2 N–H and O–H groups in total. The molecule has 0 radical (unpaired) electrons. The molecule has 1 aliphatic carbocycles. The highest BCUT2D eigenvalue weighted by molar-refractivity contribution is 4.75. The van der Waals surface area contributed by atoms with E-state index in [0.717, 1.165) is 32.4 Å². The van der Waals surface area contributed by atoms with Gasteiger partial charge in [-0.05, 0) is 38.6 Å². The minimum absolute atomic E-state index is 0.274. The van der Waals surface area contributed by atoms with E-state index >= 15 is 0 Å².